The van der Waals surface area contributed by atoms with Crippen molar-refractivity contribution in [3.63, 3.8) is 0 Å². The maximum Gasteiger partial charge on any atom is 0.322 e. The molecular weight excluding hydrogens is 308 g/mol. The number of hydrogen-bond donors (Lipinski definition) is 2. The van der Waals surface area contributed by atoms with Gasteiger partial charge in [0.25, 0.3) is 5.89 Å². The van der Waals surface area contributed by atoms with Crippen molar-refractivity contribution >= 4 is 11.7 Å². The summed E-state index contributed by atoms with van der Waals surface area (Å²) in [7, 11) is 0. The van der Waals surface area contributed by atoms with E-state index in [1.54, 1.807) is 25.3 Å². The minimum absolute atomic E-state index is 0.0151. The zero-order chi connectivity index (χ0) is 16.6. The van der Waals surface area contributed by atoms with Crippen molar-refractivity contribution in [2.45, 2.75) is 31.7 Å². The lowest BCUT2D eigenvalue weighted by atomic mass is 9.95. The van der Waals surface area contributed by atoms with E-state index in [0.29, 0.717) is 23.1 Å². The number of urea groups is 1. The highest BCUT2D eigenvalue weighted by molar-refractivity contribution is 5.90. The van der Waals surface area contributed by atoms with E-state index in [2.05, 4.69) is 25.8 Å². The van der Waals surface area contributed by atoms with E-state index in [1.165, 1.54) is 0 Å². The fourth-order valence-electron chi connectivity index (χ4n) is 3.62. The molecule has 4 rings (SSSR count). The van der Waals surface area contributed by atoms with Crippen LogP contribution in [0.4, 0.5) is 10.5 Å². The van der Waals surface area contributed by atoms with Crippen LogP contribution in [0.3, 0.4) is 0 Å². The molecule has 0 aromatic carbocycles. The van der Waals surface area contributed by atoms with E-state index >= 15 is 0 Å². The Morgan fingerprint density at radius 2 is 2.33 bits per heavy atom. The Morgan fingerprint density at radius 3 is 3.00 bits per heavy atom. The summed E-state index contributed by atoms with van der Waals surface area (Å²) >= 11 is 0. The molecule has 0 radical (unpaired) electrons. The first-order chi connectivity index (χ1) is 11.7. The third-order valence-electron chi connectivity index (χ3n) is 4.82. The van der Waals surface area contributed by atoms with Crippen molar-refractivity contribution in [1.29, 1.82) is 0 Å². The maximum absolute atomic E-state index is 12.7. The Kier molecular flexibility index (Phi) is 3.68. The highest BCUT2D eigenvalue weighted by atomic mass is 16.5. The number of aromatic nitrogens is 3. The molecule has 2 fully saturated rings. The van der Waals surface area contributed by atoms with Crippen LogP contribution in [0, 0.1) is 6.92 Å². The fourth-order valence-corrected chi connectivity index (χ4v) is 3.62. The Balaban J connectivity index is 1.46. The Hall–Kier alpha value is -2.48. The Morgan fingerprint density at radius 1 is 1.42 bits per heavy atom. The molecule has 0 bridgehead atoms. The van der Waals surface area contributed by atoms with Crippen LogP contribution in [0.15, 0.2) is 22.9 Å². The van der Waals surface area contributed by atoms with Crippen LogP contribution in [0.2, 0.25) is 0 Å². The van der Waals surface area contributed by atoms with Gasteiger partial charge in [0.1, 0.15) is 5.69 Å². The zero-order valence-electron chi connectivity index (χ0n) is 13.6. The smallest absolute Gasteiger partial charge is 0.322 e. The summed E-state index contributed by atoms with van der Waals surface area (Å²) in [5.74, 6) is 0.939. The molecule has 126 valence electrons. The first-order valence-electron chi connectivity index (χ1n) is 8.22. The number of nitrogens with one attached hydrogen (secondary N) is 2. The summed E-state index contributed by atoms with van der Waals surface area (Å²) < 4.78 is 5.09. The van der Waals surface area contributed by atoms with Crippen LogP contribution in [0.25, 0.3) is 11.6 Å². The van der Waals surface area contributed by atoms with Crippen molar-refractivity contribution in [2.75, 3.05) is 25.0 Å². The van der Waals surface area contributed by atoms with Gasteiger partial charge in [-0.05, 0) is 44.9 Å². The third-order valence-corrected chi connectivity index (χ3v) is 4.82. The average molecular weight is 328 g/mol. The molecule has 8 nitrogen and oxygen atoms in total. The molecule has 8 heteroatoms. The molecule has 2 aromatic heterocycles. The summed E-state index contributed by atoms with van der Waals surface area (Å²) in [6, 6.07) is 3.51. The quantitative estimate of drug-likeness (QED) is 0.872. The molecule has 1 atom stereocenters. The maximum atomic E-state index is 12.7. The summed E-state index contributed by atoms with van der Waals surface area (Å²) in [5, 5.41) is 10.1. The lowest BCUT2D eigenvalue weighted by molar-refractivity contribution is 0.168. The summed E-state index contributed by atoms with van der Waals surface area (Å²) in [5.41, 5.74) is 1.23. The van der Waals surface area contributed by atoms with Crippen molar-refractivity contribution in [3.05, 3.63) is 24.2 Å². The SMILES string of the molecule is Cc1noc(-c2ccc(NC(=O)N3CCCC34CCNC4)cn2)n1. The van der Waals surface area contributed by atoms with Crippen LogP contribution >= 0.6 is 0 Å². The predicted octanol–water partition coefficient (Wildman–Crippen LogP) is 1.80. The number of pyridine rings is 1. The molecule has 2 amide bonds. The topological polar surface area (TPSA) is 96.2 Å². The molecule has 1 spiro atoms. The predicted molar refractivity (Wildman–Crippen MR) is 87.4 cm³/mol. The van der Waals surface area contributed by atoms with Crippen LogP contribution in [-0.4, -0.2) is 51.2 Å². The summed E-state index contributed by atoms with van der Waals surface area (Å²) in [4.78, 5) is 23.1. The monoisotopic (exact) mass is 328 g/mol. The van der Waals surface area contributed by atoms with Gasteiger partial charge < -0.3 is 20.1 Å². The van der Waals surface area contributed by atoms with Crippen LogP contribution in [0.1, 0.15) is 25.1 Å². The number of nitrogens with zero attached hydrogens (tertiary/aromatic N) is 4. The highest BCUT2D eigenvalue weighted by Crippen LogP contribution is 2.34. The Labute approximate surface area is 139 Å². The number of carbonyl (C=O) groups is 1. The van der Waals surface area contributed by atoms with E-state index in [0.717, 1.165) is 38.9 Å². The fraction of sp³-hybridized carbons (Fsp3) is 0.500. The lowest BCUT2D eigenvalue weighted by Crippen LogP contribution is -2.50. The Bertz CT molecular complexity index is 730. The molecular formula is C16H20N6O2. The van der Waals surface area contributed by atoms with Crippen molar-refractivity contribution in [2.24, 2.45) is 0 Å². The summed E-state index contributed by atoms with van der Waals surface area (Å²) in [6.07, 6.45) is 4.76. The van der Waals surface area contributed by atoms with Crippen LogP contribution in [-0.2, 0) is 0 Å². The number of anilines is 1. The highest BCUT2D eigenvalue weighted by Gasteiger charge is 2.45. The molecule has 1 unspecified atom stereocenters. The standard InChI is InChI=1S/C16H20N6O2/c1-11-19-14(24-21-11)13-4-3-12(9-18-13)20-15(23)22-8-2-5-16(22)6-7-17-10-16/h3-4,9,17H,2,5-8,10H2,1H3,(H,20,23). The minimum atomic E-state index is -0.0561. The second kappa shape index (κ2) is 5.86. The van der Waals surface area contributed by atoms with E-state index in [9.17, 15) is 4.79 Å². The van der Waals surface area contributed by atoms with Crippen molar-refractivity contribution in [3.8, 4) is 11.6 Å². The molecule has 2 N–H and O–H groups in total. The van der Waals surface area contributed by atoms with E-state index in [-0.39, 0.29) is 11.6 Å². The average Bonchev–Trinajstić information content (AvgIpc) is 3.31. The normalized spacial score (nSPS) is 23.1. The van der Waals surface area contributed by atoms with Gasteiger partial charge in [0, 0.05) is 13.1 Å². The van der Waals surface area contributed by atoms with Gasteiger partial charge in [0.05, 0.1) is 17.4 Å². The first-order valence-corrected chi connectivity index (χ1v) is 8.22. The van der Waals surface area contributed by atoms with Gasteiger partial charge in [0.15, 0.2) is 5.82 Å². The first kappa shape index (κ1) is 15.1. The van der Waals surface area contributed by atoms with E-state index < -0.39 is 0 Å². The van der Waals surface area contributed by atoms with Gasteiger partial charge in [-0.1, -0.05) is 5.16 Å². The second-order valence-electron chi connectivity index (χ2n) is 6.42. The molecule has 2 aromatic rings. The van der Waals surface area contributed by atoms with Gasteiger partial charge >= 0.3 is 6.03 Å². The van der Waals surface area contributed by atoms with Gasteiger partial charge in [-0.2, -0.15) is 4.98 Å². The number of hydrogen-bond acceptors (Lipinski definition) is 6. The molecule has 0 aliphatic carbocycles. The van der Waals surface area contributed by atoms with Gasteiger partial charge in [0.2, 0.25) is 0 Å². The number of rotatable bonds is 2. The largest absolute Gasteiger partial charge is 0.332 e. The summed E-state index contributed by atoms with van der Waals surface area (Å²) in [6.45, 7) is 4.42. The van der Waals surface area contributed by atoms with E-state index in [1.807, 2.05) is 4.90 Å². The van der Waals surface area contributed by atoms with Crippen LogP contribution in [0.5, 0.6) is 0 Å². The minimum Gasteiger partial charge on any atom is -0.332 e. The zero-order valence-corrected chi connectivity index (χ0v) is 13.6. The van der Waals surface area contributed by atoms with Gasteiger partial charge in [-0.25, -0.2) is 9.78 Å². The number of amides is 2. The molecule has 4 heterocycles. The van der Waals surface area contributed by atoms with Gasteiger partial charge in [-0.3, -0.25) is 0 Å². The lowest BCUT2D eigenvalue weighted by Gasteiger charge is -2.34. The molecule has 2 saturated heterocycles. The van der Waals surface area contributed by atoms with Crippen LogP contribution < -0.4 is 10.6 Å². The third kappa shape index (κ3) is 2.62. The van der Waals surface area contributed by atoms with E-state index in [4.69, 9.17) is 4.52 Å². The van der Waals surface area contributed by atoms with Crippen molar-refractivity contribution in [1.82, 2.24) is 25.3 Å². The number of aryl methyl sites for hydroxylation is 1. The number of likely N-dealkylation sites (tertiary alicyclic amines) is 1. The molecule has 0 saturated carbocycles. The molecule has 2 aliphatic heterocycles. The molecule has 2 aliphatic rings. The molecule has 24 heavy (non-hydrogen) atoms. The number of carbonyl (C=O) groups excluding carboxylic acids is 1. The van der Waals surface area contributed by atoms with Gasteiger partial charge in [-0.15, -0.1) is 0 Å². The van der Waals surface area contributed by atoms with Crippen molar-refractivity contribution < 1.29 is 9.32 Å². The second-order valence-corrected chi connectivity index (χ2v) is 6.42.